The topological polar surface area (TPSA) is 41.4 Å². The van der Waals surface area contributed by atoms with Gasteiger partial charge in [-0.15, -0.1) is 24.0 Å². The first-order chi connectivity index (χ1) is 10.7. The summed E-state index contributed by atoms with van der Waals surface area (Å²) in [4.78, 5) is 4.26. The van der Waals surface area contributed by atoms with Crippen molar-refractivity contribution >= 4 is 29.9 Å². The first kappa shape index (κ1) is 19.5. The third-order valence-corrected chi connectivity index (χ3v) is 3.71. The van der Waals surface area contributed by atoms with Crippen molar-refractivity contribution in [1.82, 2.24) is 15.2 Å². The smallest absolute Gasteiger partial charge is 0.191 e. The van der Waals surface area contributed by atoms with Crippen LogP contribution in [0.25, 0.3) is 0 Å². The van der Waals surface area contributed by atoms with Crippen molar-refractivity contribution in [2.24, 2.45) is 12.0 Å². The van der Waals surface area contributed by atoms with E-state index in [1.807, 2.05) is 17.8 Å². The van der Waals surface area contributed by atoms with Crippen LogP contribution in [0.4, 0.5) is 0 Å². The summed E-state index contributed by atoms with van der Waals surface area (Å²) >= 11 is 0. The first-order valence-corrected chi connectivity index (χ1v) is 7.84. The molecule has 0 aliphatic rings. The third-order valence-electron chi connectivity index (χ3n) is 3.71. The van der Waals surface area contributed by atoms with E-state index in [1.165, 1.54) is 16.7 Å². The molecule has 0 saturated carbocycles. The number of benzene rings is 1. The van der Waals surface area contributed by atoms with Gasteiger partial charge in [0.15, 0.2) is 5.96 Å². The fourth-order valence-electron chi connectivity index (χ4n) is 2.34. The molecule has 0 aliphatic heterocycles. The summed E-state index contributed by atoms with van der Waals surface area (Å²) in [5, 5.41) is 6.68. The van der Waals surface area contributed by atoms with Crippen molar-refractivity contribution in [3.05, 3.63) is 59.4 Å². The Labute approximate surface area is 156 Å². The van der Waals surface area contributed by atoms with Gasteiger partial charge in [-0.1, -0.05) is 31.2 Å². The van der Waals surface area contributed by atoms with Gasteiger partial charge in [-0.3, -0.25) is 4.99 Å². The van der Waals surface area contributed by atoms with Gasteiger partial charge < -0.3 is 15.2 Å². The standard InChI is InChI=1S/C18H26N4.HI/c1-4-15-5-7-16(8-6-15)9-11-20-18(19-2)21-13-17-10-12-22(3)14-17;/h5-8,10,12,14H,4,9,11,13H2,1-3H3,(H2,19,20,21);1H. The number of aryl methyl sites for hydroxylation is 2. The quantitative estimate of drug-likeness (QED) is 0.424. The van der Waals surface area contributed by atoms with Crippen LogP contribution in [0.3, 0.4) is 0 Å². The van der Waals surface area contributed by atoms with Crippen LogP contribution in [-0.2, 0) is 26.4 Å². The summed E-state index contributed by atoms with van der Waals surface area (Å²) in [7, 11) is 3.83. The van der Waals surface area contributed by atoms with E-state index in [-0.39, 0.29) is 24.0 Å². The highest BCUT2D eigenvalue weighted by atomic mass is 127. The lowest BCUT2D eigenvalue weighted by Crippen LogP contribution is -2.37. The van der Waals surface area contributed by atoms with Gasteiger partial charge in [-0.2, -0.15) is 0 Å². The second-order valence-corrected chi connectivity index (χ2v) is 5.46. The van der Waals surface area contributed by atoms with E-state index in [0.29, 0.717) is 0 Å². The molecule has 2 aromatic rings. The van der Waals surface area contributed by atoms with E-state index in [2.05, 4.69) is 59.1 Å². The van der Waals surface area contributed by atoms with Crippen LogP contribution in [0.2, 0.25) is 0 Å². The fourth-order valence-corrected chi connectivity index (χ4v) is 2.34. The highest BCUT2D eigenvalue weighted by molar-refractivity contribution is 14.0. The Balaban J connectivity index is 0.00000264. The summed E-state index contributed by atoms with van der Waals surface area (Å²) in [5.74, 6) is 0.842. The molecule has 0 aliphatic carbocycles. The van der Waals surface area contributed by atoms with Crippen LogP contribution in [0.1, 0.15) is 23.6 Å². The van der Waals surface area contributed by atoms with E-state index < -0.39 is 0 Å². The molecule has 5 heteroatoms. The monoisotopic (exact) mass is 426 g/mol. The lowest BCUT2D eigenvalue weighted by Gasteiger charge is -2.11. The predicted molar refractivity (Wildman–Crippen MR) is 109 cm³/mol. The molecular formula is C18H27IN4. The number of hydrogen-bond donors (Lipinski definition) is 2. The lowest BCUT2D eigenvalue weighted by atomic mass is 10.1. The number of nitrogens with one attached hydrogen (secondary N) is 2. The first-order valence-electron chi connectivity index (χ1n) is 7.84. The summed E-state index contributed by atoms with van der Waals surface area (Å²) in [5.41, 5.74) is 3.99. The summed E-state index contributed by atoms with van der Waals surface area (Å²) in [6, 6.07) is 10.9. The Kier molecular flexibility index (Phi) is 8.76. The fraction of sp³-hybridized carbons (Fsp3) is 0.389. The molecule has 0 saturated heterocycles. The highest BCUT2D eigenvalue weighted by Gasteiger charge is 2.00. The van der Waals surface area contributed by atoms with Gasteiger partial charge in [0, 0.05) is 39.6 Å². The molecule has 23 heavy (non-hydrogen) atoms. The largest absolute Gasteiger partial charge is 0.357 e. The van der Waals surface area contributed by atoms with E-state index in [0.717, 1.165) is 31.9 Å². The molecule has 1 aromatic heterocycles. The number of hydrogen-bond acceptors (Lipinski definition) is 1. The molecule has 126 valence electrons. The SMILES string of the molecule is CCc1ccc(CCNC(=NC)NCc2ccn(C)c2)cc1.I. The Bertz CT molecular complexity index is 602. The third kappa shape index (κ3) is 6.64. The summed E-state index contributed by atoms with van der Waals surface area (Å²) in [6.07, 6.45) is 6.24. The maximum atomic E-state index is 4.26. The molecular weight excluding hydrogens is 399 g/mol. The molecule has 0 unspecified atom stereocenters. The molecule has 1 aromatic carbocycles. The minimum absolute atomic E-state index is 0. The zero-order chi connectivity index (χ0) is 15.8. The Morgan fingerprint density at radius 2 is 1.74 bits per heavy atom. The van der Waals surface area contributed by atoms with Crippen LogP contribution in [0.15, 0.2) is 47.7 Å². The number of aromatic nitrogens is 1. The second-order valence-electron chi connectivity index (χ2n) is 5.46. The van der Waals surface area contributed by atoms with Gasteiger partial charge in [0.2, 0.25) is 0 Å². The van der Waals surface area contributed by atoms with Crippen molar-refractivity contribution in [2.45, 2.75) is 26.3 Å². The van der Waals surface area contributed by atoms with E-state index in [4.69, 9.17) is 0 Å². The molecule has 0 spiro atoms. The number of rotatable bonds is 6. The molecule has 0 amide bonds. The van der Waals surface area contributed by atoms with Crippen molar-refractivity contribution in [1.29, 1.82) is 0 Å². The lowest BCUT2D eigenvalue weighted by molar-refractivity contribution is 0.792. The number of nitrogens with zero attached hydrogens (tertiary/aromatic N) is 2. The Hall–Kier alpha value is -1.50. The van der Waals surface area contributed by atoms with Crippen LogP contribution in [0, 0.1) is 0 Å². The maximum absolute atomic E-state index is 4.26. The van der Waals surface area contributed by atoms with Gasteiger partial charge in [0.25, 0.3) is 0 Å². The summed E-state index contributed by atoms with van der Waals surface area (Å²) < 4.78 is 2.05. The highest BCUT2D eigenvalue weighted by Crippen LogP contribution is 2.05. The van der Waals surface area contributed by atoms with Gasteiger partial charge in [0.05, 0.1) is 0 Å². The Morgan fingerprint density at radius 1 is 1.04 bits per heavy atom. The van der Waals surface area contributed by atoms with Gasteiger partial charge >= 0.3 is 0 Å². The van der Waals surface area contributed by atoms with Gasteiger partial charge in [0.1, 0.15) is 0 Å². The van der Waals surface area contributed by atoms with E-state index in [9.17, 15) is 0 Å². The molecule has 0 radical (unpaired) electrons. The number of halogens is 1. The average Bonchev–Trinajstić information content (AvgIpc) is 2.96. The molecule has 4 nitrogen and oxygen atoms in total. The normalized spacial score (nSPS) is 11.0. The van der Waals surface area contributed by atoms with Crippen LogP contribution >= 0.6 is 24.0 Å². The van der Waals surface area contributed by atoms with Crippen LogP contribution in [-0.4, -0.2) is 24.1 Å². The van der Waals surface area contributed by atoms with Crippen molar-refractivity contribution in [2.75, 3.05) is 13.6 Å². The Morgan fingerprint density at radius 3 is 2.30 bits per heavy atom. The molecule has 1 heterocycles. The molecule has 0 bridgehead atoms. The van der Waals surface area contributed by atoms with E-state index in [1.54, 1.807) is 7.05 Å². The van der Waals surface area contributed by atoms with Crippen LogP contribution < -0.4 is 10.6 Å². The molecule has 2 N–H and O–H groups in total. The number of guanidine groups is 1. The van der Waals surface area contributed by atoms with E-state index >= 15 is 0 Å². The van der Waals surface area contributed by atoms with Gasteiger partial charge in [-0.25, -0.2) is 0 Å². The number of aliphatic imine (C=N–C) groups is 1. The molecule has 0 fully saturated rings. The minimum Gasteiger partial charge on any atom is -0.357 e. The zero-order valence-electron chi connectivity index (χ0n) is 14.2. The van der Waals surface area contributed by atoms with Crippen molar-refractivity contribution < 1.29 is 0 Å². The summed E-state index contributed by atoms with van der Waals surface area (Å²) in [6.45, 7) is 3.84. The van der Waals surface area contributed by atoms with Crippen molar-refractivity contribution in [3.8, 4) is 0 Å². The average molecular weight is 426 g/mol. The maximum Gasteiger partial charge on any atom is 0.191 e. The van der Waals surface area contributed by atoms with Crippen LogP contribution in [0.5, 0.6) is 0 Å². The minimum atomic E-state index is 0. The molecule has 2 rings (SSSR count). The van der Waals surface area contributed by atoms with Gasteiger partial charge in [-0.05, 0) is 35.6 Å². The van der Waals surface area contributed by atoms with Crippen molar-refractivity contribution in [3.63, 3.8) is 0 Å². The predicted octanol–water partition coefficient (Wildman–Crippen LogP) is 3.11. The molecule has 0 atom stereocenters. The second kappa shape index (κ2) is 10.3. The zero-order valence-corrected chi connectivity index (χ0v) is 16.5.